The van der Waals surface area contributed by atoms with Crippen molar-refractivity contribution in [1.82, 2.24) is 14.1 Å². The van der Waals surface area contributed by atoms with E-state index in [9.17, 15) is 13.2 Å². The molecule has 220 valence electrons. The van der Waals surface area contributed by atoms with Gasteiger partial charge < -0.3 is 14.5 Å². The zero-order chi connectivity index (χ0) is 29.3. The van der Waals surface area contributed by atoms with E-state index >= 15 is 0 Å². The van der Waals surface area contributed by atoms with Crippen molar-refractivity contribution >= 4 is 16.1 Å². The fraction of sp³-hybridized carbons (Fsp3) is 0.424. The molecular weight excluding hydrogens is 534 g/mol. The number of rotatable bonds is 12. The van der Waals surface area contributed by atoms with Crippen molar-refractivity contribution in [3.8, 4) is 0 Å². The molecule has 0 N–H and O–H groups in total. The molecule has 1 heterocycles. The molecule has 4 rings (SSSR count). The maximum absolute atomic E-state index is 13.3. The summed E-state index contributed by atoms with van der Waals surface area (Å²) in [5, 5.41) is 0. The molecule has 3 aromatic rings. The smallest absolute Gasteiger partial charge is 0.410 e. The summed E-state index contributed by atoms with van der Waals surface area (Å²) < 4.78 is 33.8. The Hall–Kier alpha value is -3.20. The molecule has 0 aromatic heterocycles. The van der Waals surface area contributed by atoms with Gasteiger partial charge in [-0.25, -0.2) is 17.5 Å². The number of ether oxygens (including phenoxy) is 1. The van der Waals surface area contributed by atoms with Gasteiger partial charge in [-0.05, 0) is 56.0 Å². The van der Waals surface area contributed by atoms with Crippen LogP contribution in [0, 0.1) is 0 Å². The topological polar surface area (TPSA) is 70.2 Å². The second-order valence-corrected chi connectivity index (χ2v) is 13.2. The number of carbonyl (C=O) groups is 1. The van der Waals surface area contributed by atoms with Crippen LogP contribution in [0.1, 0.15) is 44.2 Å². The maximum Gasteiger partial charge on any atom is 0.410 e. The maximum atomic E-state index is 13.3. The van der Waals surface area contributed by atoms with E-state index in [1.807, 2.05) is 66.4 Å². The average molecular weight is 578 g/mol. The van der Waals surface area contributed by atoms with Crippen molar-refractivity contribution in [1.29, 1.82) is 0 Å². The van der Waals surface area contributed by atoms with Crippen LogP contribution in [0.4, 0.5) is 4.79 Å². The zero-order valence-electron chi connectivity index (χ0n) is 24.5. The third-order valence-corrected chi connectivity index (χ3v) is 10.1. The Bertz CT molecular complexity index is 1330. The lowest BCUT2D eigenvalue weighted by Crippen LogP contribution is -2.48. The number of hydrogen-bond acceptors (Lipinski definition) is 5. The molecule has 7 nitrogen and oxygen atoms in total. The zero-order valence-corrected chi connectivity index (χ0v) is 25.3. The molecule has 1 aliphatic rings. The van der Waals surface area contributed by atoms with Crippen molar-refractivity contribution in [3.05, 3.63) is 102 Å². The molecule has 3 aromatic carbocycles. The summed E-state index contributed by atoms with van der Waals surface area (Å²) in [5.41, 5.74) is 1.74. The fourth-order valence-electron chi connectivity index (χ4n) is 5.70. The Morgan fingerprint density at radius 1 is 0.927 bits per heavy atom. The van der Waals surface area contributed by atoms with E-state index in [0.717, 1.165) is 50.0 Å². The average Bonchev–Trinajstić information content (AvgIpc) is 3.01. The lowest BCUT2D eigenvalue weighted by Gasteiger charge is -2.40. The summed E-state index contributed by atoms with van der Waals surface area (Å²) in [6, 6.07) is 28.7. The molecule has 1 fully saturated rings. The Morgan fingerprint density at radius 3 is 2.07 bits per heavy atom. The molecule has 41 heavy (non-hydrogen) atoms. The van der Waals surface area contributed by atoms with Gasteiger partial charge in [0.25, 0.3) is 0 Å². The normalized spacial score (nSPS) is 16.3. The molecule has 1 aliphatic heterocycles. The molecule has 0 aliphatic carbocycles. The van der Waals surface area contributed by atoms with Crippen molar-refractivity contribution in [2.45, 2.75) is 56.1 Å². The number of hydrogen-bond donors (Lipinski definition) is 0. The largest absolute Gasteiger partial charge is 0.445 e. The first kappa shape index (κ1) is 30.8. The Morgan fingerprint density at radius 2 is 1.49 bits per heavy atom. The monoisotopic (exact) mass is 577 g/mol. The lowest BCUT2D eigenvalue weighted by molar-refractivity contribution is 0.0619. The van der Waals surface area contributed by atoms with Crippen LogP contribution in [0.2, 0.25) is 0 Å². The minimum Gasteiger partial charge on any atom is -0.445 e. The molecular formula is C33H43N3O4S. The van der Waals surface area contributed by atoms with Gasteiger partial charge in [-0.2, -0.15) is 0 Å². The SMILES string of the molecule is CCN(C(=O)OCc1ccccc1)C1CCN(CC[C@@](C)(CN(C)S(=O)(=O)c2ccccc2)c2ccccc2)CC1. The number of nitrogens with zero attached hydrogens (tertiary/aromatic N) is 3. The molecule has 0 bridgehead atoms. The van der Waals surface area contributed by atoms with E-state index < -0.39 is 10.0 Å². The molecule has 0 saturated carbocycles. The second kappa shape index (κ2) is 14.1. The highest BCUT2D eigenvalue weighted by Gasteiger charge is 2.34. The van der Waals surface area contributed by atoms with E-state index in [0.29, 0.717) is 18.0 Å². The van der Waals surface area contributed by atoms with Gasteiger partial charge in [0.05, 0.1) is 4.90 Å². The summed E-state index contributed by atoms with van der Waals surface area (Å²) >= 11 is 0. The van der Waals surface area contributed by atoms with Crippen LogP contribution >= 0.6 is 0 Å². The van der Waals surface area contributed by atoms with Crippen molar-refractivity contribution in [2.24, 2.45) is 0 Å². The van der Waals surface area contributed by atoms with Gasteiger partial charge >= 0.3 is 6.09 Å². The van der Waals surface area contributed by atoms with Gasteiger partial charge in [0, 0.05) is 44.7 Å². The molecule has 0 unspecified atom stereocenters. The van der Waals surface area contributed by atoms with E-state index in [-0.39, 0.29) is 24.2 Å². The van der Waals surface area contributed by atoms with Gasteiger partial charge in [-0.1, -0.05) is 85.8 Å². The summed E-state index contributed by atoms with van der Waals surface area (Å²) in [7, 11) is -1.93. The van der Waals surface area contributed by atoms with E-state index in [4.69, 9.17) is 4.74 Å². The van der Waals surface area contributed by atoms with Gasteiger partial charge in [0.2, 0.25) is 10.0 Å². The van der Waals surface area contributed by atoms with Gasteiger partial charge in [0.1, 0.15) is 6.61 Å². The Kier molecular flexibility index (Phi) is 10.6. The number of likely N-dealkylation sites (tertiary alicyclic amines) is 1. The van der Waals surface area contributed by atoms with Crippen molar-refractivity contribution < 1.29 is 17.9 Å². The first-order valence-corrected chi connectivity index (χ1v) is 15.9. The highest BCUT2D eigenvalue weighted by molar-refractivity contribution is 7.89. The highest BCUT2D eigenvalue weighted by atomic mass is 32.2. The number of piperidine rings is 1. The van der Waals surface area contributed by atoms with Crippen LogP contribution in [0.5, 0.6) is 0 Å². The van der Waals surface area contributed by atoms with Crippen molar-refractivity contribution in [2.75, 3.05) is 39.8 Å². The van der Waals surface area contributed by atoms with Crippen LogP contribution in [-0.4, -0.2) is 74.4 Å². The number of sulfonamides is 1. The quantitative estimate of drug-likeness (QED) is 0.273. The number of benzene rings is 3. The standard InChI is InChI=1S/C33H43N3O4S/c1-4-36(32(37)40-26-28-14-8-5-9-15-28)30-20-23-35(24-21-30)25-22-33(2,29-16-10-6-11-17-29)27-34(3)41(38,39)31-18-12-7-13-19-31/h5-19,30H,4,20-27H2,1-3H3/t33-/m0/s1. The van der Waals surface area contributed by atoms with E-state index in [1.165, 1.54) is 4.31 Å². The lowest BCUT2D eigenvalue weighted by atomic mass is 9.79. The Labute approximate surface area is 245 Å². The van der Waals surface area contributed by atoms with Crippen LogP contribution < -0.4 is 0 Å². The molecule has 1 amide bonds. The summed E-state index contributed by atoms with van der Waals surface area (Å²) in [4.78, 5) is 17.5. The van der Waals surface area contributed by atoms with Gasteiger partial charge in [-0.15, -0.1) is 0 Å². The number of amides is 1. The second-order valence-electron chi connectivity index (χ2n) is 11.1. The minimum atomic E-state index is -3.60. The first-order valence-electron chi connectivity index (χ1n) is 14.5. The van der Waals surface area contributed by atoms with Crippen LogP contribution in [0.25, 0.3) is 0 Å². The molecule has 1 atom stereocenters. The molecule has 0 radical (unpaired) electrons. The predicted molar refractivity (Wildman–Crippen MR) is 163 cm³/mol. The van der Waals surface area contributed by atoms with Crippen LogP contribution in [-0.2, 0) is 26.8 Å². The third-order valence-electron chi connectivity index (χ3n) is 8.25. The van der Waals surface area contributed by atoms with E-state index in [1.54, 1.807) is 31.3 Å². The number of carbonyl (C=O) groups excluding carboxylic acids is 1. The molecule has 0 spiro atoms. The Balaban J connectivity index is 1.35. The molecule has 8 heteroatoms. The first-order chi connectivity index (χ1) is 19.7. The summed E-state index contributed by atoms with van der Waals surface area (Å²) in [6.45, 7) is 8.05. The summed E-state index contributed by atoms with van der Waals surface area (Å²) in [6.07, 6.45) is 2.33. The minimum absolute atomic E-state index is 0.155. The molecule has 1 saturated heterocycles. The number of likely N-dealkylation sites (N-methyl/N-ethyl adjacent to an activating group) is 1. The highest BCUT2D eigenvalue weighted by Crippen LogP contribution is 2.31. The predicted octanol–water partition coefficient (Wildman–Crippen LogP) is 5.78. The fourth-order valence-corrected chi connectivity index (χ4v) is 7.02. The summed E-state index contributed by atoms with van der Waals surface area (Å²) in [5.74, 6) is 0. The van der Waals surface area contributed by atoms with Gasteiger partial charge in [-0.3, -0.25) is 0 Å². The van der Waals surface area contributed by atoms with E-state index in [2.05, 4.69) is 24.0 Å². The van der Waals surface area contributed by atoms with Crippen LogP contribution in [0.15, 0.2) is 95.9 Å². The van der Waals surface area contributed by atoms with Crippen LogP contribution in [0.3, 0.4) is 0 Å². The third kappa shape index (κ3) is 7.97. The van der Waals surface area contributed by atoms with Crippen molar-refractivity contribution in [3.63, 3.8) is 0 Å². The van der Waals surface area contributed by atoms with Gasteiger partial charge in [0.15, 0.2) is 0 Å².